The van der Waals surface area contributed by atoms with Crippen LogP contribution >= 0.6 is 0 Å². The van der Waals surface area contributed by atoms with Crippen molar-refractivity contribution in [2.24, 2.45) is 5.92 Å². The number of rotatable bonds is 0. The summed E-state index contributed by atoms with van der Waals surface area (Å²) >= 11 is 0. The summed E-state index contributed by atoms with van der Waals surface area (Å²) < 4.78 is 0. The minimum atomic E-state index is -0.119. The van der Waals surface area contributed by atoms with Crippen molar-refractivity contribution in [3.05, 3.63) is 139 Å². The second-order valence-corrected chi connectivity index (χ2v) is 20.6. The van der Waals surface area contributed by atoms with Gasteiger partial charge in [0.2, 0.25) is 0 Å². The van der Waals surface area contributed by atoms with E-state index in [0.29, 0.717) is 11.8 Å². The van der Waals surface area contributed by atoms with Crippen LogP contribution in [0.25, 0.3) is 130 Å². The lowest BCUT2D eigenvalue weighted by atomic mass is 9.43. The third kappa shape index (κ3) is 1.70. The lowest BCUT2D eigenvalue weighted by Crippen LogP contribution is -2.57. The van der Waals surface area contributed by atoms with Crippen LogP contribution in [0.15, 0.2) is 72.8 Å². The maximum absolute atomic E-state index is 2.78. The minimum Gasteiger partial charge on any atom is -0.0728 e. The molecule has 0 saturated carbocycles. The van der Waals surface area contributed by atoms with Crippen molar-refractivity contribution in [3.63, 3.8) is 0 Å². The lowest BCUT2D eigenvalue weighted by molar-refractivity contribution is 0.335. The lowest BCUT2D eigenvalue weighted by Gasteiger charge is -2.58. The van der Waals surface area contributed by atoms with E-state index in [-0.39, 0.29) is 10.8 Å². The van der Waals surface area contributed by atoms with Crippen LogP contribution in [0.4, 0.5) is 0 Å². The van der Waals surface area contributed by atoms with Gasteiger partial charge in [0.1, 0.15) is 0 Å². The smallest absolute Gasteiger partial charge is 0.0403 e. The zero-order valence-corrected chi connectivity index (χ0v) is 30.6. The zero-order valence-electron chi connectivity index (χ0n) is 30.6. The summed E-state index contributed by atoms with van der Waals surface area (Å²) in [5.41, 5.74) is 23.0. The monoisotopic (exact) mass is 708 g/mol. The molecular formula is C57H24. The standard InChI is InChI=1S/C57H24/c1-2-4-21-17-57-30-10-9-29-26-8-7-25-27-14-19-6-5-18-11-22-12-23-13-24-15-28(30)39-43-34(24)33(23)41-35(22)40-31(18)32(19)42-37(27)44-36(25)38(26)54(56(29,57)16-20(21)3-1)52-50(44)49-47(42)45(40)46(41)48(43)51(49)53(52)55(39)57/h1-4,7-12,14-15,22,35H,5-6,13,16-17H2. The number of benzene rings is 10. The molecule has 12 aromatic carbocycles. The Bertz CT molecular complexity index is 4630. The fourth-order valence-electron chi connectivity index (χ4n) is 18.7. The summed E-state index contributed by atoms with van der Waals surface area (Å²) in [5, 5.41) is 36.0. The number of aryl methyl sites for hydroxylation is 1. The second kappa shape index (κ2) is 6.33. The number of hydrogen-bond acceptors (Lipinski definition) is 0. The molecule has 0 bridgehead atoms. The van der Waals surface area contributed by atoms with Crippen LogP contribution in [0.3, 0.4) is 0 Å². The highest BCUT2D eigenvalue weighted by Gasteiger charge is 2.68. The molecule has 0 aromatic heterocycles. The summed E-state index contributed by atoms with van der Waals surface area (Å²) in [6, 6.07) is 20.3. The predicted octanol–water partition coefficient (Wildman–Crippen LogP) is 11.4. The van der Waals surface area contributed by atoms with Crippen molar-refractivity contribution in [1.82, 2.24) is 0 Å². The zero-order chi connectivity index (χ0) is 35.0. The number of allylic oxidation sites excluding steroid dienone is 6. The van der Waals surface area contributed by atoms with E-state index in [9.17, 15) is 0 Å². The molecule has 4 unspecified atom stereocenters. The molecule has 0 amide bonds. The van der Waals surface area contributed by atoms with Gasteiger partial charge in [0.05, 0.1) is 0 Å². The van der Waals surface area contributed by atoms with E-state index in [1.807, 2.05) is 0 Å². The summed E-state index contributed by atoms with van der Waals surface area (Å²) in [6.45, 7) is 0. The SMILES string of the molecule is C1=CC2=c3ccc4c5cc6c7c8c9c%10c%11c%12c%13c%14c(cc%15c%16c%17c%18c%19c(c3c4c3c5c7c%10c(c%18c%11c%14%16)c%193)C23Cc2ccccc2CC%173C=%151)CC%13=CC(C=C8CC6)C%129. The molecule has 10 aliphatic carbocycles. The van der Waals surface area contributed by atoms with E-state index >= 15 is 0 Å². The summed E-state index contributed by atoms with van der Waals surface area (Å²) in [5.74, 6) is 0.917. The first-order chi connectivity index (χ1) is 28.3. The van der Waals surface area contributed by atoms with Crippen molar-refractivity contribution < 1.29 is 0 Å². The van der Waals surface area contributed by atoms with Gasteiger partial charge in [-0.1, -0.05) is 60.7 Å². The molecule has 10 aliphatic rings. The summed E-state index contributed by atoms with van der Waals surface area (Å²) in [7, 11) is 0. The second-order valence-electron chi connectivity index (χ2n) is 20.6. The van der Waals surface area contributed by atoms with Gasteiger partial charge in [-0.3, -0.25) is 0 Å². The van der Waals surface area contributed by atoms with Gasteiger partial charge < -0.3 is 0 Å². The maximum Gasteiger partial charge on any atom is 0.0403 e. The van der Waals surface area contributed by atoms with Crippen molar-refractivity contribution in [2.45, 2.75) is 48.9 Å². The van der Waals surface area contributed by atoms with Gasteiger partial charge in [0, 0.05) is 22.7 Å². The molecular weight excluding hydrogens is 685 g/mol. The highest BCUT2D eigenvalue weighted by Crippen LogP contribution is 2.77. The van der Waals surface area contributed by atoms with E-state index in [0.717, 1.165) is 25.7 Å². The molecule has 4 atom stereocenters. The first-order valence-corrected chi connectivity index (χ1v) is 21.8. The van der Waals surface area contributed by atoms with Crippen LogP contribution < -0.4 is 10.4 Å². The average molecular weight is 709 g/mol. The Labute approximate surface area is 322 Å². The molecule has 0 heteroatoms. The van der Waals surface area contributed by atoms with E-state index in [4.69, 9.17) is 0 Å². The van der Waals surface area contributed by atoms with Gasteiger partial charge in [-0.25, -0.2) is 0 Å². The Morgan fingerprint density at radius 2 is 1.04 bits per heavy atom. The Kier molecular flexibility index (Phi) is 2.71. The van der Waals surface area contributed by atoms with Crippen molar-refractivity contribution in [2.75, 3.05) is 0 Å². The van der Waals surface area contributed by atoms with Gasteiger partial charge >= 0.3 is 0 Å². The van der Waals surface area contributed by atoms with Gasteiger partial charge in [-0.15, -0.1) is 0 Å². The maximum atomic E-state index is 2.78. The van der Waals surface area contributed by atoms with E-state index in [1.54, 1.807) is 191 Å². The summed E-state index contributed by atoms with van der Waals surface area (Å²) in [4.78, 5) is 0. The molecule has 57 heavy (non-hydrogen) atoms. The molecule has 0 saturated heterocycles. The Morgan fingerprint density at radius 3 is 1.82 bits per heavy atom. The molecule has 252 valence electrons. The Morgan fingerprint density at radius 1 is 0.439 bits per heavy atom. The van der Waals surface area contributed by atoms with Gasteiger partial charge in [-0.05, 0) is 240 Å². The molecule has 0 radical (unpaired) electrons. The Balaban J connectivity index is 1.22. The van der Waals surface area contributed by atoms with Crippen molar-refractivity contribution in [3.8, 4) is 0 Å². The van der Waals surface area contributed by atoms with Crippen LogP contribution in [0, 0.1) is 5.92 Å². The molecule has 0 heterocycles. The van der Waals surface area contributed by atoms with Crippen LogP contribution in [-0.2, 0) is 36.5 Å². The highest BCUT2D eigenvalue weighted by molar-refractivity contribution is 6.61. The molecule has 2 spiro atoms. The first-order valence-electron chi connectivity index (χ1n) is 21.8. The van der Waals surface area contributed by atoms with Crippen molar-refractivity contribution in [1.29, 1.82) is 0 Å². The van der Waals surface area contributed by atoms with Crippen LogP contribution in [0.2, 0.25) is 0 Å². The molecule has 0 aliphatic heterocycles. The van der Waals surface area contributed by atoms with Gasteiger partial charge in [0.15, 0.2) is 0 Å². The first kappa shape index (κ1) is 24.4. The van der Waals surface area contributed by atoms with Crippen LogP contribution in [0.5, 0.6) is 0 Å². The number of hydrogen-bond donors (Lipinski definition) is 0. The third-order valence-electron chi connectivity index (χ3n) is 19.7. The molecule has 0 N–H and O–H groups in total. The third-order valence-corrected chi connectivity index (χ3v) is 19.7. The largest absolute Gasteiger partial charge is 0.0728 e. The van der Waals surface area contributed by atoms with Gasteiger partial charge in [-0.2, -0.15) is 0 Å². The fraction of sp³-hybridized carbons (Fsp3) is 0.158. The molecule has 22 rings (SSSR count). The van der Waals surface area contributed by atoms with Crippen LogP contribution in [0.1, 0.15) is 68.0 Å². The Hall–Kier alpha value is -6.24. The topological polar surface area (TPSA) is 0 Å². The normalized spacial score (nSPS) is 27.5. The van der Waals surface area contributed by atoms with Gasteiger partial charge in [0.25, 0.3) is 0 Å². The van der Waals surface area contributed by atoms with Crippen LogP contribution in [-0.4, -0.2) is 0 Å². The quantitative estimate of drug-likeness (QED) is 0.109. The number of fused-ring (bicyclic) bond motifs is 2. The molecule has 12 aromatic rings. The average Bonchev–Trinajstić information content (AvgIpc) is 4.06. The molecule has 0 nitrogen and oxygen atoms in total. The highest BCUT2D eigenvalue weighted by atomic mass is 14.7. The summed E-state index contributed by atoms with van der Waals surface area (Å²) in [6.07, 6.45) is 16.5. The van der Waals surface area contributed by atoms with E-state index < -0.39 is 0 Å². The minimum absolute atomic E-state index is 0.119. The van der Waals surface area contributed by atoms with Crippen molar-refractivity contribution >= 4 is 130 Å². The van der Waals surface area contributed by atoms with E-state index in [2.05, 4.69) is 72.8 Å². The fourth-order valence-corrected chi connectivity index (χ4v) is 18.7. The van der Waals surface area contributed by atoms with E-state index in [1.165, 1.54) is 11.8 Å². The molecule has 0 fully saturated rings. The predicted molar refractivity (Wildman–Crippen MR) is 234 cm³/mol.